The first-order chi connectivity index (χ1) is 7.27. The molecule has 0 radical (unpaired) electrons. The van der Waals surface area contributed by atoms with E-state index in [4.69, 9.17) is 0 Å². The van der Waals surface area contributed by atoms with E-state index in [9.17, 15) is 0 Å². The molecule has 1 saturated carbocycles. The Morgan fingerprint density at radius 1 is 1.07 bits per heavy atom. The maximum absolute atomic E-state index is 4.45. The highest BCUT2D eigenvalue weighted by molar-refractivity contribution is 7.80. The van der Waals surface area contributed by atoms with Gasteiger partial charge in [0.15, 0.2) is 0 Å². The Labute approximate surface area is 98.5 Å². The van der Waals surface area contributed by atoms with Crippen LogP contribution in [-0.2, 0) is 0 Å². The van der Waals surface area contributed by atoms with Gasteiger partial charge in [-0.05, 0) is 36.8 Å². The lowest BCUT2D eigenvalue weighted by Gasteiger charge is -2.22. The molecule has 1 aromatic rings. The second-order valence-electron chi connectivity index (χ2n) is 4.68. The normalized spacial score (nSPS) is 20.1. The van der Waals surface area contributed by atoms with E-state index in [1.807, 2.05) is 0 Å². The van der Waals surface area contributed by atoms with Crippen LogP contribution in [0.25, 0.3) is 0 Å². The molecule has 0 aromatic heterocycles. The summed E-state index contributed by atoms with van der Waals surface area (Å²) in [6, 6.07) is 9.08. The van der Waals surface area contributed by atoms with E-state index in [1.54, 1.807) is 0 Å². The molecule has 0 nitrogen and oxygen atoms in total. The highest BCUT2D eigenvalue weighted by Gasteiger charge is 2.15. The maximum atomic E-state index is 4.45. The zero-order chi connectivity index (χ0) is 10.7. The Bertz CT molecular complexity index is 294. The Morgan fingerprint density at radius 3 is 2.20 bits per heavy atom. The van der Waals surface area contributed by atoms with E-state index in [-0.39, 0.29) is 0 Å². The quantitative estimate of drug-likeness (QED) is 0.685. The minimum Gasteiger partial charge on any atom is -0.171 e. The van der Waals surface area contributed by atoms with Gasteiger partial charge < -0.3 is 0 Å². The summed E-state index contributed by atoms with van der Waals surface area (Å²) in [5, 5.41) is 0.352. The van der Waals surface area contributed by atoms with Crippen molar-refractivity contribution in [3.8, 4) is 0 Å². The lowest BCUT2D eigenvalue weighted by Crippen LogP contribution is -2.04. The van der Waals surface area contributed by atoms with Crippen LogP contribution in [0.5, 0.6) is 0 Å². The fourth-order valence-electron chi connectivity index (χ4n) is 2.48. The number of benzene rings is 1. The van der Waals surface area contributed by atoms with Crippen molar-refractivity contribution >= 4 is 12.6 Å². The summed E-state index contributed by atoms with van der Waals surface area (Å²) in [6.07, 6.45) is 7.03. The van der Waals surface area contributed by atoms with Crippen LogP contribution in [0.1, 0.15) is 61.3 Å². The molecule has 1 atom stereocenters. The zero-order valence-electron chi connectivity index (χ0n) is 9.45. The van der Waals surface area contributed by atoms with E-state index in [1.165, 1.54) is 43.2 Å². The molecule has 1 aromatic carbocycles. The van der Waals surface area contributed by atoms with Crippen molar-refractivity contribution in [1.29, 1.82) is 0 Å². The molecule has 0 saturated heterocycles. The van der Waals surface area contributed by atoms with Crippen molar-refractivity contribution in [3.05, 3.63) is 35.4 Å². The van der Waals surface area contributed by atoms with Crippen LogP contribution in [-0.4, -0.2) is 0 Å². The molecule has 15 heavy (non-hydrogen) atoms. The first-order valence-corrected chi connectivity index (χ1v) is 6.57. The zero-order valence-corrected chi connectivity index (χ0v) is 10.3. The fraction of sp³-hybridized carbons (Fsp3) is 0.571. The molecular weight excluding hydrogens is 200 g/mol. The second kappa shape index (κ2) is 5.07. The Balaban J connectivity index is 2.08. The van der Waals surface area contributed by atoms with Crippen molar-refractivity contribution in [2.45, 2.75) is 50.2 Å². The van der Waals surface area contributed by atoms with E-state index in [2.05, 4.69) is 43.8 Å². The van der Waals surface area contributed by atoms with Gasteiger partial charge in [0.1, 0.15) is 0 Å². The number of thiol groups is 1. The Hall–Kier alpha value is -0.430. The van der Waals surface area contributed by atoms with Gasteiger partial charge in [0.2, 0.25) is 0 Å². The predicted octanol–water partition coefficient (Wildman–Crippen LogP) is 4.73. The van der Waals surface area contributed by atoms with Crippen LogP contribution in [0.4, 0.5) is 0 Å². The standard InChI is InChI=1S/C14H20S/c1-11(15)12-7-9-14(10-8-12)13-5-3-2-4-6-13/h7-11,13,15H,2-6H2,1H3. The highest BCUT2D eigenvalue weighted by atomic mass is 32.1. The molecule has 0 spiro atoms. The van der Waals surface area contributed by atoms with Crippen molar-refractivity contribution in [2.24, 2.45) is 0 Å². The average molecular weight is 220 g/mol. The number of hydrogen-bond acceptors (Lipinski definition) is 1. The van der Waals surface area contributed by atoms with Crippen LogP contribution < -0.4 is 0 Å². The molecule has 1 fully saturated rings. The molecule has 0 aliphatic heterocycles. The van der Waals surface area contributed by atoms with Crippen LogP contribution >= 0.6 is 12.6 Å². The van der Waals surface area contributed by atoms with E-state index >= 15 is 0 Å². The number of hydrogen-bond donors (Lipinski definition) is 1. The van der Waals surface area contributed by atoms with Gasteiger partial charge in [0.25, 0.3) is 0 Å². The molecule has 1 unspecified atom stereocenters. The summed E-state index contributed by atoms with van der Waals surface area (Å²) < 4.78 is 0. The fourth-order valence-corrected chi connectivity index (χ4v) is 2.65. The van der Waals surface area contributed by atoms with Crippen molar-refractivity contribution in [1.82, 2.24) is 0 Å². The minimum absolute atomic E-state index is 0.352. The molecule has 2 rings (SSSR count). The second-order valence-corrected chi connectivity index (χ2v) is 5.45. The first-order valence-electron chi connectivity index (χ1n) is 6.05. The molecule has 82 valence electrons. The molecule has 1 aliphatic rings. The van der Waals surface area contributed by atoms with E-state index in [0.29, 0.717) is 5.25 Å². The number of rotatable bonds is 2. The summed E-state index contributed by atoms with van der Waals surface area (Å²) >= 11 is 4.45. The van der Waals surface area contributed by atoms with Crippen LogP contribution in [0, 0.1) is 0 Å². The molecule has 0 heterocycles. The molecule has 0 bridgehead atoms. The summed E-state index contributed by atoms with van der Waals surface area (Å²) in [7, 11) is 0. The van der Waals surface area contributed by atoms with Gasteiger partial charge in [-0.2, -0.15) is 12.6 Å². The average Bonchev–Trinajstić information content (AvgIpc) is 2.30. The topological polar surface area (TPSA) is 0 Å². The van der Waals surface area contributed by atoms with Gasteiger partial charge >= 0.3 is 0 Å². The van der Waals surface area contributed by atoms with Crippen LogP contribution in [0.2, 0.25) is 0 Å². The van der Waals surface area contributed by atoms with E-state index < -0.39 is 0 Å². The van der Waals surface area contributed by atoms with Gasteiger partial charge in [-0.25, -0.2) is 0 Å². The minimum atomic E-state index is 0.352. The van der Waals surface area contributed by atoms with Gasteiger partial charge in [-0.3, -0.25) is 0 Å². The third kappa shape index (κ3) is 2.78. The third-order valence-corrected chi connectivity index (χ3v) is 3.79. The smallest absolute Gasteiger partial charge is 0.0238 e. The third-order valence-electron chi connectivity index (χ3n) is 3.50. The Morgan fingerprint density at radius 2 is 1.67 bits per heavy atom. The van der Waals surface area contributed by atoms with Gasteiger partial charge in [0.05, 0.1) is 0 Å². The largest absolute Gasteiger partial charge is 0.171 e. The highest BCUT2D eigenvalue weighted by Crippen LogP contribution is 2.33. The molecule has 0 amide bonds. The lowest BCUT2D eigenvalue weighted by atomic mass is 9.84. The van der Waals surface area contributed by atoms with Gasteiger partial charge in [-0.15, -0.1) is 0 Å². The molecular formula is C14H20S. The predicted molar refractivity (Wildman–Crippen MR) is 69.7 cm³/mol. The van der Waals surface area contributed by atoms with Crippen LogP contribution in [0.15, 0.2) is 24.3 Å². The molecule has 1 aliphatic carbocycles. The van der Waals surface area contributed by atoms with Crippen molar-refractivity contribution < 1.29 is 0 Å². The van der Waals surface area contributed by atoms with Crippen molar-refractivity contribution in [3.63, 3.8) is 0 Å². The summed E-state index contributed by atoms with van der Waals surface area (Å²) in [4.78, 5) is 0. The molecule has 0 N–H and O–H groups in total. The summed E-state index contributed by atoms with van der Waals surface area (Å²) in [5.74, 6) is 0.822. The van der Waals surface area contributed by atoms with Gasteiger partial charge in [-0.1, -0.05) is 43.5 Å². The summed E-state index contributed by atoms with van der Waals surface area (Å²) in [6.45, 7) is 2.12. The van der Waals surface area contributed by atoms with Crippen molar-refractivity contribution in [2.75, 3.05) is 0 Å². The Kier molecular flexibility index (Phi) is 3.74. The monoisotopic (exact) mass is 220 g/mol. The first kappa shape index (κ1) is 11.1. The van der Waals surface area contributed by atoms with E-state index in [0.717, 1.165) is 5.92 Å². The van der Waals surface area contributed by atoms with Gasteiger partial charge in [0, 0.05) is 5.25 Å². The molecule has 1 heteroatoms. The lowest BCUT2D eigenvalue weighted by molar-refractivity contribution is 0.443. The SMILES string of the molecule is CC(S)c1ccc(C2CCCCC2)cc1. The van der Waals surface area contributed by atoms with Crippen LogP contribution in [0.3, 0.4) is 0 Å². The maximum Gasteiger partial charge on any atom is 0.0238 e. The summed E-state index contributed by atoms with van der Waals surface area (Å²) in [5.41, 5.74) is 2.87.